The van der Waals surface area contributed by atoms with Gasteiger partial charge in [-0.05, 0) is 12.8 Å². The normalized spacial score (nSPS) is 22.8. The molecule has 0 saturated carbocycles. The van der Waals surface area contributed by atoms with Gasteiger partial charge in [0.25, 0.3) is 0 Å². The fraction of sp³-hybridized carbons (Fsp3) is 1.00. The molecular formula is C21H26F17N2O4P. The molecule has 1 N–H and O–H groups in total. The number of nitrogens with zero attached hydrogens (tertiary/aromatic N) is 2. The zero-order valence-corrected chi connectivity index (χ0v) is 23.4. The van der Waals surface area contributed by atoms with E-state index in [9.17, 15) is 84.1 Å². The molecule has 2 aliphatic rings. The van der Waals surface area contributed by atoms with E-state index in [0.717, 1.165) is 4.67 Å². The summed E-state index contributed by atoms with van der Waals surface area (Å²) < 4.78 is 253. The Morgan fingerprint density at radius 1 is 0.600 bits per heavy atom. The maximum Gasteiger partial charge on any atom is 0.460 e. The Morgan fingerprint density at radius 2 is 1.04 bits per heavy atom. The van der Waals surface area contributed by atoms with E-state index in [-0.39, 0.29) is 58.9 Å². The molecule has 0 spiro atoms. The number of morpholine rings is 2. The molecule has 24 heteroatoms. The standard InChI is InChI=1S/C21H26F17N2O4P/c22-14(23,5-3-1-2-4-13-12-44-11-8-40(13)45(41,42)39-6-9-43-10-7-39)15(24,25)16(26,27)17(28,29)18(30,31)19(32,33)20(34,35)21(36,37)38/h13H,1-12H2,(H,41,42). The van der Waals surface area contributed by atoms with E-state index < -0.39 is 80.6 Å². The van der Waals surface area contributed by atoms with Crippen molar-refractivity contribution in [1.29, 1.82) is 0 Å². The summed E-state index contributed by atoms with van der Waals surface area (Å²) in [6.45, 7) is 0.147. The van der Waals surface area contributed by atoms with Gasteiger partial charge in [-0.3, -0.25) is 4.57 Å². The molecule has 2 rings (SSSR count). The molecule has 0 amide bonds. The summed E-state index contributed by atoms with van der Waals surface area (Å²) in [7, 11) is -4.18. The van der Waals surface area contributed by atoms with Crippen LogP contribution in [0.15, 0.2) is 0 Å². The minimum absolute atomic E-state index is 0.00433. The van der Waals surface area contributed by atoms with Gasteiger partial charge in [-0.25, -0.2) is 9.34 Å². The molecule has 0 aliphatic carbocycles. The summed E-state index contributed by atoms with van der Waals surface area (Å²) >= 11 is 0. The molecule has 0 radical (unpaired) electrons. The van der Waals surface area contributed by atoms with Gasteiger partial charge in [-0.2, -0.15) is 74.6 Å². The van der Waals surface area contributed by atoms with Crippen LogP contribution in [0.2, 0.25) is 0 Å². The fourth-order valence-corrected chi connectivity index (χ4v) is 6.41. The van der Waals surface area contributed by atoms with Gasteiger partial charge in [0.05, 0.1) is 26.4 Å². The van der Waals surface area contributed by atoms with Crippen LogP contribution >= 0.6 is 7.67 Å². The molecular weight excluding hydrogens is 698 g/mol. The van der Waals surface area contributed by atoms with Crippen molar-refractivity contribution in [3.05, 3.63) is 0 Å². The van der Waals surface area contributed by atoms with Crippen LogP contribution in [0.5, 0.6) is 0 Å². The van der Waals surface area contributed by atoms with Crippen molar-refractivity contribution in [2.75, 3.05) is 46.1 Å². The molecule has 268 valence electrons. The minimum Gasteiger partial charge on any atom is -0.379 e. The quantitative estimate of drug-likeness (QED) is 0.118. The summed E-state index contributed by atoms with van der Waals surface area (Å²) in [5.41, 5.74) is 0. The third-order valence-corrected chi connectivity index (χ3v) is 9.54. The second kappa shape index (κ2) is 13.0. The van der Waals surface area contributed by atoms with Gasteiger partial charge in [-0.1, -0.05) is 12.8 Å². The van der Waals surface area contributed by atoms with Gasteiger partial charge in [0.1, 0.15) is 0 Å². The highest BCUT2D eigenvalue weighted by Gasteiger charge is 2.95. The number of hydrogen-bond donors (Lipinski definition) is 1. The Kier molecular flexibility index (Phi) is 11.6. The van der Waals surface area contributed by atoms with Crippen LogP contribution in [-0.4, -0.2) is 114 Å². The minimum atomic E-state index is -8.65. The highest BCUT2D eigenvalue weighted by molar-refractivity contribution is 7.52. The molecule has 0 aromatic heterocycles. The summed E-state index contributed by atoms with van der Waals surface area (Å²) in [6.07, 6.45) is -12.6. The largest absolute Gasteiger partial charge is 0.460 e. The Morgan fingerprint density at radius 3 is 1.53 bits per heavy atom. The fourth-order valence-electron chi connectivity index (χ4n) is 4.46. The molecule has 0 aromatic rings. The number of unbranched alkanes of at least 4 members (excludes halogenated alkanes) is 2. The number of alkyl halides is 17. The van der Waals surface area contributed by atoms with E-state index in [1.807, 2.05) is 0 Å². The van der Waals surface area contributed by atoms with Crippen LogP contribution in [0.3, 0.4) is 0 Å². The lowest BCUT2D eigenvalue weighted by molar-refractivity contribution is -0.461. The van der Waals surface area contributed by atoms with E-state index in [1.54, 1.807) is 0 Å². The number of ether oxygens (including phenoxy) is 2. The lowest BCUT2D eigenvalue weighted by atomic mass is 9.87. The SMILES string of the molecule is O=P(O)(N1CCOCC1)N1CCOCC1CCCCCC(F)(F)C(F)(F)C(F)(F)C(F)(F)C(F)(F)C(F)(F)C(F)(F)C(F)(F)F. The molecule has 2 saturated heterocycles. The number of rotatable bonds is 14. The van der Waals surface area contributed by atoms with E-state index in [0.29, 0.717) is 0 Å². The van der Waals surface area contributed by atoms with Crippen molar-refractivity contribution >= 4 is 7.67 Å². The molecule has 6 nitrogen and oxygen atoms in total. The average Bonchev–Trinajstić information content (AvgIpc) is 2.92. The highest BCUT2D eigenvalue weighted by Crippen LogP contribution is 2.64. The zero-order chi connectivity index (χ0) is 35.1. The summed E-state index contributed by atoms with van der Waals surface area (Å²) in [5.74, 6) is -56.4. The molecule has 2 heterocycles. The van der Waals surface area contributed by atoms with Crippen molar-refractivity contribution in [3.8, 4) is 0 Å². The lowest BCUT2D eigenvalue weighted by Crippen LogP contribution is -2.74. The number of halogens is 17. The van der Waals surface area contributed by atoms with Gasteiger partial charge in [-0.15, -0.1) is 0 Å². The monoisotopic (exact) mass is 724 g/mol. The average molecular weight is 724 g/mol. The predicted molar refractivity (Wildman–Crippen MR) is 117 cm³/mol. The first-order valence-corrected chi connectivity index (χ1v) is 14.3. The van der Waals surface area contributed by atoms with E-state index in [4.69, 9.17) is 9.47 Å². The summed E-state index contributed by atoms with van der Waals surface area (Å²) in [6, 6.07) is -0.860. The van der Waals surface area contributed by atoms with Crippen LogP contribution in [0, 0.1) is 0 Å². The first-order chi connectivity index (χ1) is 20.1. The van der Waals surface area contributed by atoms with Crippen LogP contribution in [0.1, 0.15) is 32.1 Å². The van der Waals surface area contributed by atoms with Gasteiger partial charge in [0.2, 0.25) is 0 Å². The zero-order valence-electron chi connectivity index (χ0n) is 22.5. The molecule has 2 atom stereocenters. The van der Waals surface area contributed by atoms with E-state index in [1.165, 1.54) is 4.67 Å². The molecule has 2 fully saturated rings. The number of hydrogen-bond acceptors (Lipinski definition) is 3. The van der Waals surface area contributed by atoms with Crippen molar-refractivity contribution in [3.63, 3.8) is 0 Å². The van der Waals surface area contributed by atoms with Crippen LogP contribution < -0.4 is 0 Å². The van der Waals surface area contributed by atoms with E-state index >= 15 is 0 Å². The van der Waals surface area contributed by atoms with Gasteiger partial charge in [0, 0.05) is 32.1 Å². The Labute approximate surface area is 243 Å². The second-order valence-electron chi connectivity index (χ2n) is 10.2. The van der Waals surface area contributed by atoms with Gasteiger partial charge in [0.15, 0.2) is 0 Å². The van der Waals surface area contributed by atoms with Crippen LogP contribution in [-0.2, 0) is 14.0 Å². The Hall–Kier alpha value is -1.16. The predicted octanol–water partition coefficient (Wildman–Crippen LogP) is 7.08. The Bertz CT molecular complexity index is 1050. The van der Waals surface area contributed by atoms with Crippen LogP contribution in [0.4, 0.5) is 74.6 Å². The third kappa shape index (κ3) is 6.89. The van der Waals surface area contributed by atoms with Crippen molar-refractivity contribution in [1.82, 2.24) is 9.34 Å². The van der Waals surface area contributed by atoms with Gasteiger partial charge < -0.3 is 14.4 Å². The molecule has 2 unspecified atom stereocenters. The van der Waals surface area contributed by atoms with Crippen molar-refractivity contribution in [2.45, 2.75) is 85.8 Å². The molecule has 2 aliphatic heterocycles. The third-order valence-electron chi connectivity index (χ3n) is 7.20. The molecule has 0 bridgehead atoms. The van der Waals surface area contributed by atoms with E-state index in [2.05, 4.69) is 0 Å². The van der Waals surface area contributed by atoms with Gasteiger partial charge >= 0.3 is 55.3 Å². The topological polar surface area (TPSA) is 62.2 Å². The maximum atomic E-state index is 14.1. The van der Waals surface area contributed by atoms with Crippen molar-refractivity contribution < 1.29 is 93.6 Å². The molecule has 0 aromatic carbocycles. The lowest BCUT2D eigenvalue weighted by Gasteiger charge is -2.43. The first kappa shape index (κ1) is 40.0. The highest BCUT2D eigenvalue weighted by atomic mass is 31.2. The van der Waals surface area contributed by atoms with Crippen LogP contribution in [0.25, 0.3) is 0 Å². The Balaban J connectivity index is 2.13. The summed E-state index contributed by atoms with van der Waals surface area (Å²) in [4.78, 5) is 10.7. The van der Waals surface area contributed by atoms with Crippen molar-refractivity contribution in [2.24, 2.45) is 0 Å². The first-order valence-electron chi connectivity index (χ1n) is 12.8. The summed E-state index contributed by atoms with van der Waals surface area (Å²) in [5, 5.41) is 0. The second-order valence-corrected chi connectivity index (χ2v) is 12.3. The molecule has 45 heavy (non-hydrogen) atoms. The maximum absolute atomic E-state index is 14.1. The smallest absolute Gasteiger partial charge is 0.379 e.